The number of hydrogen-bond donors (Lipinski definition) is 3. The minimum absolute atomic E-state index is 0.0144. The first-order chi connectivity index (χ1) is 8.00. The van der Waals surface area contributed by atoms with Gasteiger partial charge in [0.15, 0.2) is 0 Å². The van der Waals surface area contributed by atoms with Crippen LogP contribution >= 0.6 is 11.8 Å². The third-order valence-electron chi connectivity index (χ3n) is 2.91. The van der Waals surface area contributed by atoms with E-state index < -0.39 is 12.0 Å². The summed E-state index contributed by atoms with van der Waals surface area (Å²) in [6, 6.07) is -0.597. The van der Waals surface area contributed by atoms with Gasteiger partial charge in [-0.1, -0.05) is 12.8 Å². The molecule has 1 amide bonds. The van der Waals surface area contributed by atoms with Crippen LogP contribution in [0.15, 0.2) is 0 Å². The molecule has 0 heterocycles. The Balaban J connectivity index is 2.24. The monoisotopic (exact) mass is 260 g/mol. The second-order valence-corrected chi connectivity index (χ2v) is 5.78. The molecule has 4 N–H and O–H groups in total. The number of aliphatic carboxylic acids is 1. The van der Waals surface area contributed by atoms with E-state index in [1.54, 1.807) is 6.92 Å². The van der Waals surface area contributed by atoms with E-state index in [9.17, 15) is 9.59 Å². The summed E-state index contributed by atoms with van der Waals surface area (Å²) in [4.78, 5) is 22.3. The Hall–Kier alpha value is -0.750. The minimum atomic E-state index is -1.03. The van der Waals surface area contributed by atoms with E-state index in [0.29, 0.717) is 6.04 Å². The highest BCUT2D eigenvalue weighted by Gasteiger charge is 2.22. The molecule has 0 aromatic rings. The van der Waals surface area contributed by atoms with Crippen LogP contribution in [-0.4, -0.2) is 40.1 Å². The Kier molecular flexibility index (Phi) is 5.77. The Labute approximate surface area is 106 Å². The molecule has 1 saturated carbocycles. The number of nitrogens with one attached hydrogen (secondary N) is 1. The van der Waals surface area contributed by atoms with Gasteiger partial charge in [0.05, 0.1) is 5.25 Å². The lowest BCUT2D eigenvalue weighted by atomic mass is 10.2. The lowest BCUT2D eigenvalue weighted by Crippen LogP contribution is -2.39. The fourth-order valence-electron chi connectivity index (χ4n) is 1.78. The molecular weight excluding hydrogens is 240 g/mol. The van der Waals surface area contributed by atoms with E-state index in [2.05, 4.69) is 5.32 Å². The SMILES string of the molecule is CC(SC[C@@H](N)C(=O)O)C(=O)NC1CCCC1. The Morgan fingerprint density at radius 3 is 2.59 bits per heavy atom. The second kappa shape index (κ2) is 6.86. The number of thioether (sulfide) groups is 1. The van der Waals surface area contributed by atoms with Gasteiger partial charge in [-0.05, 0) is 19.8 Å². The van der Waals surface area contributed by atoms with Gasteiger partial charge in [-0.2, -0.15) is 0 Å². The molecule has 0 saturated heterocycles. The molecule has 1 fully saturated rings. The van der Waals surface area contributed by atoms with Crippen molar-refractivity contribution in [2.24, 2.45) is 5.73 Å². The molecule has 6 heteroatoms. The van der Waals surface area contributed by atoms with Crippen molar-refractivity contribution >= 4 is 23.6 Å². The smallest absolute Gasteiger partial charge is 0.321 e. The van der Waals surface area contributed by atoms with Crippen LogP contribution in [0.5, 0.6) is 0 Å². The Morgan fingerprint density at radius 1 is 1.47 bits per heavy atom. The zero-order valence-corrected chi connectivity index (χ0v) is 10.8. The Bertz CT molecular complexity index is 280. The van der Waals surface area contributed by atoms with E-state index in [-0.39, 0.29) is 16.9 Å². The van der Waals surface area contributed by atoms with Gasteiger partial charge in [0.2, 0.25) is 5.91 Å². The maximum absolute atomic E-state index is 11.8. The average Bonchev–Trinajstić information content (AvgIpc) is 2.77. The van der Waals surface area contributed by atoms with Crippen molar-refractivity contribution in [1.29, 1.82) is 0 Å². The van der Waals surface area contributed by atoms with E-state index in [4.69, 9.17) is 10.8 Å². The molecule has 1 aliphatic carbocycles. The average molecular weight is 260 g/mol. The maximum atomic E-state index is 11.8. The van der Waals surface area contributed by atoms with Crippen molar-refractivity contribution in [1.82, 2.24) is 5.32 Å². The van der Waals surface area contributed by atoms with Gasteiger partial charge in [-0.25, -0.2) is 0 Å². The molecule has 98 valence electrons. The summed E-state index contributed by atoms with van der Waals surface area (Å²) < 4.78 is 0. The third kappa shape index (κ3) is 4.95. The molecule has 1 unspecified atom stereocenters. The topological polar surface area (TPSA) is 92.4 Å². The molecule has 1 aliphatic rings. The van der Waals surface area contributed by atoms with Crippen molar-refractivity contribution in [3.63, 3.8) is 0 Å². The van der Waals surface area contributed by atoms with Gasteiger partial charge in [-0.15, -0.1) is 11.8 Å². The number of carboxylic acids is 1. The maximum Gasteiger partial charge on any atom is 0.321 e. The first-order valence-electron chi connectivity index (χ1n) is 5.91. The predicted molar refractivity (Wildman–Crippen MR) is 67.9 cm³/mol. The largest absolute Gasteiger partial charge is 0.480 e. The number of rotatable bonds is 6. The van der Waals surface area contributed by atoms with Crippen molar-refractivity contribution in [3.8, 4) is 0 Å². The molecule has 0 spiro atoms. The molecule has 0 aromatic heterocycles. The van der Waals surface area contributed by atoms with E-state index in [1.807, 2.05) is 0 Å². The van der Waals surface area contributed by atoms with Crippen molar-refractivity contribution in [2.45, 2.75) is 49.9 Å². The zero-order valence-electron chi connectivity index (χ0n) is 10.0. The molecular formula is C11H20N2O3S. The van der Waals surface area contributed by atoms with E-state index in [0.717, 1.165) is 12.8 Å². The summed E-state index contributed by atoms with van der Waals surface area (Å²) >= 11 is 1.29. The molecule has 2 atom stereocenters. The van der Waals surface area contributed by atoms with Gasteiger partial charge in [0.1, 0.15) is 6.04 Å². The summed E-state index contributed by atoms with van der Waals surface area (Å²) in [7, 11) is 0. The third-order valence-corrected chi connectivity index (χ3v) is 4.18. The number of carboxylic acid groups (broad SMARTS) is 1. The standard InChI is InChI=1S/C11H20N2O3S/c1-7(17-6-9(12)11(15)16)10(14)13-8-4-2-3-5-8/h7-9H,2-6,12H2,1H3,(H,13,14)(H,15,16)/t7?,9-/m1/s1. The quantitative estimate of drug-likeness (QED) is 0.649. The van der Waals surface area contributed by atoms with Crippen LogP contribution in [0.4, 0.5) is 0 Å². The van der Waals surface area contributed by atoms with Crippen LogP contribution < -0.4 is 11.1 Å². The molecule has 17 heavy (non-hydrogen) atoms. The normalized spacial score (nSPS) is 19.9. The Morgan fingerprint density at radius 2 is 2.06 bits per heavy atom. The summed E-state index contributed by atoms with van der Waals surface area (Å²) in [5.74, 6) is -0.783. The van der Waals surface area contributed by atoms with Crippen LogP contribution in [-0.2, 0) is 9.59 Å². The van der Waals surface area contributed by atoms with Gasteiger partial charge >= 0.3 is 5.97 Å². The van der Waals surface area contributed by atoms with Crippen LogP contribution in [0.25, 0.3) is 0 Å². The fourth-order valence-corrected chi connectivity index (χ4v) is 2.64. The molecule has 1 rings (SSSR count). The predicted octanol–water partition coefficient (Wildman–Crippen LogP) is 0.579. The summed E-state index contributed by atoms with van der Waals surface area (Å²) in [5, 5.41) is 11.4. The summed E-state index contributed by atoms with van der Waals surface area (Å²) in [6.07, 6.45) is 4.46. The summed E-state index contributed by atoms with van der Waals surface area (Å²) in [5.41, 5.74) is 5.38. The highest BCUT2D eigenvalue weighted by Crippen LogP contribution is 2.19. The highest BCUT2D eigenvalue weighted by molar-refractivity contribution is 8.00. The van der Waals surface area contributed by atoms with Crippen LogP contribution in [0, 0.1) is 0 Å². The zero-order chi connectivity index (χ0) is 12.8. The lowest BCUT2D eigenvalue weighted by Gasteiger charge is -2.17. The fraction of sp³-hybridized carbons (Fsp3) is 0.818. The number of hydrogen-bond acceptors (Lipinski definition) is 4. The molecule has 0 aromatic carbocycles. The van der Waals surface area contributed by atoms with Gasteiger partial charge in [0.25, 0.3) is 0 Å². The van der Waals surface area contributed by atoms with Crippen LogP contribution in [0.3, 0.4) is 0 Å². The first kappa shape index (κ1) is 14.3. The molecule has 0 radical (unpaired) electrons. The van der Waals surface area contributed by atoms with Crippen molar-refractivity contribution in [3.05, 3.63) is 0 Å². The van der Waals surface area contributed by atoms with Crippen molar-refractivity contribution in [2.75, 3.05) is 5.75 Å². The molecule has 0 bridgehead atoms. The lowest BCUT2D eigenvalue weighted by molar-refractivity contribution is -0.138. The summed E-state index contributed by atoms with van der Waals surface area (Å²) in [6.45, 7) is 1.78. The van der Waals surface area contributed by atoms with Crippen LogP contribution in [0.1, 0.15) is 32.6 Å². The minimum Gasteiger partial charge on any atom is -0.480 e. The van der Waals surface area contributed by atoms with Gasteiger partial charge in [0, 0.05) is 11.8 Å². The van der Waals surface area contributed by atoms with Gasteiger partial charge in [-0.3, -0.25) is 9.59 Å². The van der Waals surface area contributed by atoms with E-state index >= 15 is 0 Å². The molecule has 0 aliphatic heterocycles. The van der Waals surface area contributed by atoms with Crippen LogP contribution in [0.2, 0.25) is 0 Å². The molecule has 5 nitrogen and oxygen atoms in total. The number of carbonyl (C=O) groups excluding carboxylic acids is 1. The van der Waals surface area contributed by atoms with Gasteiger partial charge < -0.3 is 16.2 Å². The first-order valence-corrected chi connectivity index (χ1v) is 6.96. The highest BCUT2D eigenvalue weighted by atomic mass is 32.2. The number of amides is 1. The van der Waals surface area contributed by atoms with E-state index in [1.165, 1.54) is 24.6 Å². The second-order valence-electron chi connectivity index (χ2n) is 4.41. The number of nitrogens with two attached hydrogens (primary N) is 1. The van der Waals surface area contributed by atoms with Crippen molar-refractivity contribution < 1.29 is 14.7 Å². The number of carbonyl (C=O) groups is 2.